The number of para-hydroxylation sites is 1. The number of hydrogen-bond acceptors (Lipinski definition) is 4. The second-order valence-electron chi connectivity index (χ2n) is 6.39. The Morgan fingerprint density at radius 3 is 2.42 bits per heavy atom. The smallest absolute Gasteiger partial charge is 0.266 e. The average molecular weight is 453 g/mol. The Hall–Kier alpha value is -3.46. The minimum Gasteiger partial charge on any atom is -0.493 e. The molecule has 3 rings (SSSR count). The SMILES string of the molecule is COc1cc(/C=C(/C#N)C(=O)Nc2ccccc2Cl)ccc1OCc1ccccc1Cl. The zero-order chi connectivity index (χ0) is 22.2. The summed E-state index contributed by atoms with van der Waals surface area (Å²) in [4.78, 5) is 12.5. The van der Waals surface area contributed by atoms with Crippen LogP contribution in [0.3, 0.4) is 0 Å². The summed E-state index contributed by atoms with van der Waals surface area (Å²) in [5.41, 5.74) is 1.80. The first kappa shape index (κ1) is 22.2. The Balaban J connectivity index is 1.77. The zero-order valence-electron chi connectivity index (χ0n) is 16.6. The Bertz CT molecular complexity index is 1170. The van der Waals surface area contributed by atoms with E-state index in [1.165, 1.54) is 13.2 Å². The molecule has 1 N–H and O–H groups in total. The number of nitrogens with zero attached hydrogens (tertiary/aromatic N) is 1. The molecule has 3 aromatic rings. The van der Waals surface area contributed by atoms with E-state index in [1.54, 1.807) is 48.5 Å². The molecular formula is C24H18Cl2N2O3. The summed E-state index contributed by atoms with van der Waals surface area (Å²) in [5.74, 6) is 0.414. The lowest BCUT2D eigenvalue weighted by Crippen LogP contribution is -2.13. The van der Waals surface area contributed by atoms with E-state index in [9.17, 15) is 10.1 Å². The summed E-state index contributed by atoms with van der Waals surface area (Å²) in [6.07, 6.45) is 1.46. The van der Waals surface area contributed by atoms with Gasteiger partial charge in [0.25, 0.3) is 5.91 Å². The highest BCUT2D eigenvalue weighted by molar-refractivity contribution is 6.34. The molecule has 0 aliphatic rings. The fraction of sp³-hybridized carbons (Fsp3) is 0.0833. The largest absolute Gasteiger partial charge is 0.493 e. The summed E-state index contributed by atoms with van der Waals surface area (Å²) in [5, 5.41) is 13.1. The van der Waals surface area contributed by atoms with Gasteiger partial charge in [-0.05, 0) is 42.0 Å². The van der Waals surface area contributed by atoms with Crippen LogP contribution in [0, 0.1) is 11.3 Å². The average Bonchev–Trinajstić information content (AvgIpc) is 2.78. The summed E-state index contributed by atoms with van der Waals surface area (Å²) >= 11 is 12.2. The number of amides is 1. The van der Waals surface area contributed by atoms with Crippen LogP contribution in [0.1, 0.15) is 11.1 Å². The lowest BCUT2D eigenvalue weighted by Gasteiger charge is -2.12. The van der Waals surface area contributed by atoms with Crippen LogP contribution in [0.2, 0.25) is 10.0 Å². The quantitative estimate of drug-likeness (QED) is 0.345. The lowest BCUT2D eigenvalue weighted by atomic mass is 10.1. The van der Waals surface area contributed by atoms with Crippen molar-refractivity contribution in [1.29, 1.82) is 5.26 Å². The molecular weight excluding hydrogens is 435 g/mol. The maximum atomic E-state index is 12.5. The fourth-order valence-corrected chi connectivity index (χ4v) is 3.10. The van der Waals surface area contributed by atoms with Crippen molar-refractivity contribution in [1.82, 2.24) is 0 Å². The molecule has 0 heterocycles. The molecule has 0 aromatic heterocycles. The Kier molecular flexibility index (Phi) is 7.55. The second kappa shape index (κ2) is 10.5. The number of ether oxygens (including phenoxy) is 2. The van der Waals surface area contributed by atoms with Gasteiger partial charge in [-0.2, -0.15) is 5.26 Å². The molecule has 7 heteroatoms. The molecule has 1 amide bonds. The fourth-order valence-electron chi connectivity index (χ4n) is 2.73. The van der Waals surface area contributed by atoms with E-state index < -0.39 is 5.91 Å². The van der Waals surface area contributed by atoms with Crippen molar-refractivity contribution in [3.63, 3.8) is 0 Å². The van der Waals surface area contributed by atoms with Crippen LogP contribution in [0.15, 0.2) is 72.3 Å². The lowest BCUT2D eigenvalue weighted by molar-refractivity contribution is -0.112. The molecule has 0 saturated heterocycles. The zero-order valence-corrected chi connectivity index (χ0v) is 18.1. The highest BCUT2D eigenvalue weighted by Crippen LogP contribution is 2.30. The second-order valence-corrected chi connectivity index (χ2v) is 7.21. The van der Waals surface area contributed by atoms with Gasteiger partial charge in [0.15, 0.2) is 11.5 Å². The van der Waals surface area contributed by atoms with Gasteiger partial charge in [-0.25, -0.2) is 0 Å². The number of benzene rings is 3. The number of rotatable bonds is 7. The van der Waals surface area contributed by atoms with E-state index in [4.69, 9.17) is 32.7 Å². The molecule has 156 valence electrons. The first-order valence-electron chi connectivity index (χ1n) is 9.23. The van der Waals surface area contributed by atoms with Gasteiger partial charge in [0.2, 0.25) is 0 Å². The number of halogens is 2. The minimum atomic E-state index is -0.561. The van der Waals surface area contributed by atoms with Crippen molar-refractivity contribution < 1.29 is 14.3 Å². The van der Waals surface area contributed by atoms with Gasteiger partial charge in [0, 0.05) is 10.6 Å². The highest BCUT2D eigenvalue weighted by atomic mass is 35.5. The summed E-state index contributed by atoms with van der Waals surface area (Å²) in [7, 11) is 1.51. The number of nitriles is 1. The van der Waals surface area contributed by atoms with Gasteiger partial charge < -0.3 is 14.8 Å². The van der Waals surface area contributed by atoms with Crippen LogP contribution in [-0.2, 0) is 11.4 Å². The third-order valence-electron chi connectivity index (χ3n) is 4.33. The monoisotopic (exact) mass is 452 g/mol. The molecule has 0 atom stereocenters. The van der Waals surface area contributed by atoms with Crippen molar-refractivity contribution in [3.05, 3.63) is 93.5 Å². The first-order chi connectivity index (χ1) is 15.0. The Morgan fingerprint density at radius 2 is 1.74 bits per heavy atom. The van der Waals surface area contributed by atoms with Gasteiger partial charge in [-0.15, -0.1) is 0 Å². The number of nitrogens with one attached hydrogen (secondary N) is 1. The van der Waals surface area contributed by atoms with Gasteiger partial charge in [-0.1, -0.05) is 59.6 Å². The van der Waals surface area contributed by atoms with Crippen LogP contribution in [0.4, 0.5) is 5.69 Å². The van der Waals surface area contributed by atoms with Crippen LogP contribution in [-0.4, -0.2) is 13.0 Å². The van der Waals surface area contributed by atoms with Crippen molar-refractivity contribution in [2.75, 3.05) is 12.4 Å². The predicted molar refractivity (Wildman–Crippen MR) is 122 cm³/mol. The molecule has 0 fully saturated rings. The third kappa shape index (κ3) is 5.79. The molecule has 0 unspecified atom stereocenters. The number of carbonyl (C=O) groups is 1. The van der Waals surface area contributed by atoms with E-state index in [0.29, 0.717) is 32.8 Å². The molecule has 0 spiro atoms. The first-order valence-corrected chi connectivity index (χ1v) is 9.99. The molecule has 3 aromatic carbocycles. The topological polar surface area (TPSA) is 71.3 Å². The molecule has 0 aliphatic carbocycles. The molecule has 0 radical (unpaired) electrons. The number of carbonyl (C=O) groups excluding carboxylic acids is 1. The molecule has 0 bridgehead atoms. The van der Waals surface area contributed by atoms with Gasteiger partial charge in [-0.3, -0.25) is 4.79 Å². The Morgan fingerprint density at radius 1 is 1.03 bits per heavy atom. The standard InChI is InChI=1S/C24H18Cl2N2O3/c1-30-23-13-16(10-11-22(23)31-15-17-6-2-3-7-19(17)25)12-18(14-27)24(29)28-21-9-5-4-8-20(21)26/h2-13H,15H2,1H3,(H,28,29)/b18-12-. The van der Waals surface area contributed by atoms with Crippen LogP contribution < -0.4 is 14.8 Å². The number of methoxy groups -OCH3 is 1. The van der Waals surface area contributed by atoms with Crippen LogP contribution in [0.25, 0.3) is 6.08 Å². The van der Waals surface area contributed by atoms with Gasteiger partial charge in [0.05, 0.1) is 17.8 Å². The maximum absolute atomic E-state index is 12.5. The third-order valence-corrected chi connectivity index (χ3v) is 5.03. The predicted octanol–water partition coefficient (Wildman–Crippen LogP) is 6.13. The van der Waals surface area contributed by atoms with E-state index in [1.807, 2.05) is 24.3 Å². The normalized spacial score (nSPS) is 10.8. The summed E-state index contributed by atoms with van der Waals surface area (Å²) in [6, 6.07) is 21.2. The molecule has 0 saturated carbocycles. The van der Waals surface area contributed by atoms with Crippen molar-refractivity contribution in [2.45, 2.75) is 6.61 Å². The van der Waals surface area contributed by atoms with E-state index in [0.717, 1.165) is 5.56 Å². The summed E-state index contributed by atoms with van der Waals surface area (Å²) in [6.45, 7) is 0.273. The number of hydrogen-bond donors (Lipinski definition) is 1. The maximum Gasteiger partial charge on any atom is 0.266 e. The van der Waals surface area contributed by atoms with E-state index in [2.05, 4.69) is 5.32 Å². The minimum absolute atomic E-state index is 0.0771. The van der Waals surface area contributed by atoms with E-state index in [-0.39, 0.29) is 12.2 Å². The molecule has 5 nitrogen and oxygen atoms in total. The van der Waals surface area contributed by atoms with Gasteiger partial charge >= 0.3 is 0 Å². The van der Waals surface area contributed by atoms with E-state index >= 15 is 0 Å². The van der Waals surface area contributed by atoms with Crippen molar-refractivity contribution in [2.24, 2.45) is 0 Å². The summed E-state index contributed by atoms with van der Waals surface area (Å²) < 4.78 is 11.2. The molecule has 0 aliphatic heterocycles. The van der Waals surface area contributed by atoms with Gasteiger partial charge in [0.1, 0.15) is 18.2 Å². The number of anilines is 1. The van der Waals surface area contributed by atoms with Crippen molar-refractivity contribution in [3.8, 4) is 17.6 Å². The van der Waals surface area contributed by atoms with Crippen LogP contribution in [0.5, 0.6) is 11.5 Å². The van der Waals surface area contributed by atoms with Crippen LogP contribution >= 0.6 is 23.2 Å². The highest BCUT2D eigenvalue weighted by Gasteiger charge is 2.13. The Labute approximate surface area is 190 Å². The molecule has 31 heavy (non-hydrogen) atoms. The van der Waals surface area contributed by atoms with Crippen molar-refractivity contribution >= 4 is 40.9 Å².